The molecule has 0 N–H and O–H groups in total. The fourth-order valence-corrected chi connectivity index (χ4v) is 2.59. The van der Waals surface area contributed by atoms with E-state index in [1.807, 2.05) is 6.92 Å². The highest BCUT2D eigenvalue weighted by Gasteiger charge is 2.24. The summed E-state index contributed by atoms with van der Waals surface area (Å²) in [7, 11) is 0. The summed E-state index contributed by atoms with van der Waals surface area (Å²) < 4.78 is 31.1. The van der Waals surface area contributed by atoms with Crippen molar-refractivity contribution >= 4 is 17.7 Å². The standard InChI is InChI=1S/C14H26F2O2S/c1-4-12(11-18-13(17)5-2)19-10-8-7-9-14(15,16)6-3/h12H,4-11H2,1-3H3. The second-order valence-electron chi connectivity index (χ2n) is 4.60. The Morgan fingerprint density at radius 2 is 1.95 bits per heavy atom. The minimum Gasteiger partial charge on any atom is -0.465 e. The number of esters is 1. The topological polar surface area (TPSA) is 26.3 Å². The van der Waals surface area contributed by atoms with Gasteiger partial charge >= 0.3 is 5.97 Å². The van der Waals surface area contributed by atoms with E-state index in [9.17, 15) is 13.6 Å². The first-order chi connectivity index (χ1) is 8.95. The summed E-state index contributed by atoms with van der Waals surface area (Å²) >= 11 is 1.71. The molecule has 0 rings (SSSR count). The van der Waals surface area contributed by atoms with E-state index in [0.717, 1.165) is 18.6 Å². The lowest BCUT2D eigenvalue weighted by molar-refractivity contribution is -0.143. The van der Waals surface area contributed by atoms with Gasteiger partial charge in [0.05, 0.1) is 0 Å². The molecule has 0 saturated carbocycles. The van der Waals surface area contributed by atoms with Crippen LogP contribution in [0, 0.1) is 0 Å². The molecular weight excluding hydrogens is 270 g/mol. The summed E-state index contributed by atoms with van der Waals surface area (Å²) in [5, 5.41) is 0.280. The lowest BCUT2D eigenvalue weighted by Crippen LogP contribution is -2.16. The maximum absolute atomic E-state index is 13.0. The van der Waals surface area contributed by atoms with Crippen molar-refractivity contribution in [2.24, 2.45) is 0 Å². The average Bonchev–Trinajstić information content (AvgIpc) is 2.41. The van der Waals surface area contributed by atoms with Crippen LogP contribution in [0.4, 0.5) is 8.78 Å². The Kier molecular flexibility index (Phi) is 10.3. The van der Waals surface area contributed by atoms with Gasteiger partial charge in [-0.05, 0) is 25.0 Å². The van der Waals surface area contributed by atoms with E-state index in [4.69, 9.17) is 4.74 Å². The molecule has 2 nitrogen and oxygen atoms in total. The predicted octanol–water partition coefficient (Wildman–Crippen LogP) is 4.67. The lowest BCUT2D eigenvalue weighted by atomic mass is 10.1. The zero-order chi connectivity index (χ0) is 14.7. The van der Waals surface area contributed by atoms with Crippen molar-refractivity contribution in [3.63, 3.8) is 0 Å². The molecule has 1 unspecified atom stereocenters. The summed E-state index contributed by atoms with van der Waals surface area (Å²) in [6.07, 6.45) is 2.56. The van der Waals surface area contributed by atoms with Crippen molar-refractivity contribution in [1.82, 2.24) is 0 Å². The van der Waals surface area contributed by atoms with Gasteiger partial charge in [-0.1, -0.05) is 20.8 Å². The van der Waals surface area contributed by atoms with E-state index in [0.29, 0.717) is 19.4 Å². The molecule has 0 fully saturated rings. The molecule has 0 aromatic carbocycles. The highest BCUT2D eigenvalue weighted by atomic mass is 32.2. The van der Waals surface area contributed by atoms with E-state index in [1.165, 1.54) is 6.92 Å². The third kappa shape index (κ3) is 10.2. The third-order valence-electron chi connectivity index (χ3n) is 2.98. The summed E-state index contributed by atoms with van der Waals surface area (Å²) in [4.78, 5) is 11.0. The number of rotatable bonds is 11. The fourth-order valence-electron chi connectivity index (χ4n) is 1.48. The van der Waals surface area contributed by atoms with Gasteiger partial charge in [0.25, 0.3) is 0 Å². The molecule has 0 bridgehead atoms. The quantitative estimate of drug-likeness (QED) is 0.409. The first-order valence-corrected chi connectivity index (χ1v) is 8.15. The van der Waals surface area contributed by atoms with Crippen LogP contribution in [-0.4, -0.2) is 29.5 Å². The molecule has 0 amide bonds. The molecule has 0 spiro atoms. The number of thioether (sulfide) groups is 1. The average molecular weight is 296 g/mol. The lowest BCUT2D eigenvalue weighted by Gasteiger charge is -2.16. The van der Waals surface area contributed by atoms with E-state index < -0.39 is 5.92 Å². The number of ether oxygens (including phenoxy) is 1. The zero-order valence-corrected chi connectivity index (χ0v) is 13.0. The maximum atomic E-state index is 13.0. The van der Waals surface area contributed by atoms with Crippen LogP contribution in [0.3, 0.4) is 0 Å². The van der Waals surface area contributed by atoms with E-state index in [2.05, 4.69) is 0 Å². The predicted molar refractivity (Wildman–Crippen MR) is 76.9 cm³/mol. The molecule has 0 aromatic heterocycles. The van der Waals surface area contributed by atoms with Gasteiger partial charge in [-0.2, -0.15) is 11.8 Å². The molecule has 0 heterocycles. The molecule has 5 heteroatoms. The Balaban J connectivity index is 3.64. The number of carbonyl (C=O) groups excluding carboxylic acids is 1. The second kappa shape index (κ2) is 10.5. The largest absolute Gasteiger partial charge is 0.465 e. The Hall–Kier alpha value is -0.320. The van der Waals surface area contributed by atoms with Crippen molar-refractivity contribution in [3.05, 3.63) is 0 Å². The molecule has 0 aliphatic rings. The molecule has 0 aliphatic heterocycles. The normalized spacial score (nSPS) is 13.3. The first-order valence-electron chi connectivity index (χ1n) is 7.10. The number of halogens is 2. The molecule has 1 atom stereocenters. The van der Waals surface area contributed by atoms with Gasteiger partial charge in [0.15, 0.2) is 0 Å². The number of carbonyl (C=O) groups is 1. The van der Waals surface area contributed by atoms with Crippen molar-refractivity contribution in [1.29, 1.82) is 0 Å². The van der Waals surface area contributed by atoms with Gasteiger partial charge in [0.1, 0.15) is 6.61 Å². The minimum absolute atomic E-state index is 0.0222. The molecule has 0 aromatic rings. The van der Waals surface area contributed by atoms with Gasteiger partial charge in [0, 0.05) is 24.5 Å². The number of unbranched alkanes of at least 4 members (excludes halogenated alkanes) is 1. The van der Waals surface area contributed by atoms with Gasteiger partial charge in [0.2, 0.25) is 5.92 Å². The van der Waals surface area contributed by atoms with Crippen LogP contribution in [0.15, 0.2) is 0 Å². The van der Waals surface area contributed by atoms with E-state index >= 15 is 0 Å². The van der Waals surface area contributed by atoms with Crippen LogP contribution in [-0.2, 0) is 9.53 Å². The van der Waals surface area contributed by atoms with Gasteiger partial charge < -0.3 is 4.74 Å². The summed E-state index contributed by atoms with van der Waals surface area (Å²) in [6.45, 7) is 5.76. The molecule has 0 radical (unpaired) electrons. The first kappa shape index (κ1) is 18.7. The molecule has 114 valence electrons. The highest BCUT2D eigenvalue weighted by Crippen LogP contribution is 2.25. The van der Waals surface area contributed by atoms with Gasteiger partial charge in [-0.15, -0.1) is 0 Å². The summed E-state index contributed by atoms with van der Waals surface area (Å²) in [6, 6.07) is 0. The Labute approximate surface area is 119 Å². The highest BCUT2D eigenvalue weighted by molar-refractivity contribution is 7.99. The van der Waals surface area contributed by atoms with Gasteiger partial charge in [-0.25, -0.2) is 8.78 Å². The number of hydrogen-bond acceptors (Lipinski definition) is 3. The van der Waals surface area contributed by atoms with Crippen molar-refractivity contribution in [2.45, 2.75) is 70.5 Å². The summed E-state index contributed by atoms with van der Waals surface area (Å²) in [5.41, 5.74) is 0. The molecule has 0 saturated heterocycles. The van der Waals surface area contributed by atoms with Crippen molar-refractivity contribution < 1.29 is 18.3 Å². The Morgan fingerprint density at radius 3 is 2.47 bits per heavy atom. The SMILES string of the molecule is CCC(=O)OCC(CC)SCCCCC(F)(F)CC. The fraction of sp³-hybridized carbons (Fsp3) is 0.929. The Bertz CT molecular complexity index is 248. The Morgan fingerprint density at radius 1 is 1.26 bits per heavy atom. The summed E-state index contributed by atoms with van der Waals surface area (Å²) in [5.74, 6) is -1.84. The van der Waals surface area contributed by atoms with E-state index in [-0.39, 0.29) is 24.1 Å². The smallest absolute Gasteiger partial charge is 0.305 e. The van der Waals surface area contributed by atoms with Crippen LogP contribution in [0.5, 0.6) is 0 Å². The minimum atomic E-state index is -2.51. The van der Waals surface area contributed by atoms with Crippen LogP contribution >= 0.6 is 11.8 Å². The third-order valence-corrected chi connectivity index (χ3v) is 4.45. The zero-order valence-electron chi connectivity index (χ0n) is 12.2. The number of alkyl halides is 2. The van der Waals surface area contributed by atoms with Crippen molar-refractivity contribution in [2.75, 3.05) is 12.4 Å². The van der Waals surface area contributed by atoms with E-state index in [1.54, 1.807) is 18.7 Å². The van der Waals surface area contributed by atoms with Gasteiger partial charge in [-0.3, -0.25) is 4.79 Å². The van der Waals surface area contributed by atoms with Crippen LogP contribution in [0.2, 0.25) is 0 Å². The maximum Gasteiger partial charge on any atom is 0.305 e. The van der Waals surface area contributed by atoms with Crippen LogP contribution in [0.1, 0.15) is 59.3 Å². The molecule has 0 aliphatic carbocycles. The molecule has 19 heavy (non-hydrogen) atoms. The van der Waals surface area contributed by atoms with Crippen LogP contribution < -0.4 is 0 Å². The van der Waals surface area contributed by atoms with Crippen molar-refractivity contribution in [3.8, 4) is 0 Å². The van der Waals surface area contributed by atoms with Crippen LogP contribution in [0.25, 0.3) is 0 Å². The monoisotopic (exact) mass is 296 g/mol. The number of hydrogen-bond donors (Lipinski definition) is 0. The second-order valence-corrected chi connectivity index (χ2v) is 6.01. The molecular formula is C14H26F2O2S.